The zero-order valence-corrected chi connectivity index (χ0v) is 19.3. The minimum atomic E-state index is 0. The third-order valence-corrected chi connectivity index (χ3v) is 5.95. The van der Waals surface area contributed by atoms with Gasteiger partial charge in [0.05, 0.1) is 12.6 Å². The van der Waals surface area contributed by atoms with E-state index >= 15 is 0 Å². The number of thiazole rings is 1. The van der Waals surface area contributed by atoms with Crippen LogP contribution in [0.2, 0.25) is 0 Å². The van der Waals surface area contributed by atoms with Crippen LogP contribution in [0.4, 0.5) is 0 Å². The van der Waals surface area contributed by atoms with Crippen molar-refractivity contribution in [2.24, 2.45) is 4.99 Å². The van der Waals surface area contributed by atoms with E-state index in [0.717, 1.165) is 23.9 Å². The highest BCUT2D eigenvalue weighted by Crippen LogP contribution is 2.24. The van der Waals surface area contributed by atoms with Gasteiger partial charge in [0.1, 0.15) is 5.01 Å². The number of aryl methyl sites for hydroxylation is 1. The van der Waals surface area contributed by atoms with Crippen LogP contribution in [0.15, 0.2) is 41.5 Å². The molecule has 2 aromatic rings. The van der Waals surface area contributed by atoms with Gasteiger partial charge in [-0.2, -0.15) is 0 Å². The first-order valence-corrected chi connectivity index (χ1v) is 10.3. The number of benzene rings is 1. The maximum atomic E-state index is 4.46. The number of hydrogen-bond donors (Lipinski definition) is 2. The molecule has 5 nitrogen and oxygen atoms in total. The quantitative estimate of drug-likeness (QED) is 0.346. The molecule has 1 aliphatic heterocycles. The molecule has 0 amide bonds. The van der Waals surface area contributed by atoms with Gasteiger partial charge in [-0.1, -0.05) is 37.3 Å². The molecule has 2 N–H and O–H groups in total. The van der Waals surface area contributed by atoms with E-state index in [1.807, 2.05) is 13.2 Å². The Balaban J connectivity index is 0.00000261. The molecule has 7 heteroatoms. The lowest BCUT2D eigenvalue weighted by Crippen LogP contribution is -2.42. The van der Waals surface area contributed by atoms with Crippen molar-refractivity contribution >= 4 is 41.3 Å². The Labute approximate surface area is 183 Å². The molecular weight excluding hydrogens is 469 g/mol. The average Bonchev–Trinajstić information content (AvgIpc) is 3.37. The summed E-state index contributed by atoms with van der Waals surface area (Å²) in [4.78, 5) is 12.7. The fraction of sp³-hybridized carbons (Fsp3) is 0.500. The molecule has 0 bridgehead atoms. The van der Waals surface area contributed by atoms with Gasteiger partial charge in [-0.05, 0) is 37.9 Å². The van der Waals surface area contributed by atoms with Crippen molar-refractivity contribution in [1.29, 1.82) is 0 Å². The van der Waals surface area contributed by atoms with Gasteiger partial charge in [0, 0.05) is 24.7 Å². The van der Waals surface area contributed by atoms with E-state index in [-0.39, 0.29) is 24.0 Å². The molecule has 27 heavy (non-hydrogen) atoms. The maximum Gasteiger partial charge on any atom is 0.191 e. The Kier molecular flexibility index (Phi) is 9.50. The molecule has 2 heterocycles. The van der Waals surface area contributed by atoms with Crippen LogP contribution in [-0.2, 0) is 13.0 Å². The molecule has 1 atom stereocenters. The summed E-state index contributed by atoms with van der Waals surface area (Å²) in [6.07, 6.45) is 5.59. The molecule has 1 aromatic carbocycles. The van der Waals surface area contributed by atoms with Crippen molar-refractivity contribution in [2.75, 3.05) is 26.7 Å². The van der Waals surface area contributed by atoms with Crippen LogP contribution in [0.3, 0.4) is 0 Å². The zero-order valence-electron chi connectivity index (χ0n) is 16.1. The largest absolute Gasteiger partial charge is 0.354 e. The van der Waals surface area contributed by atoms with Crippen molar-refractivity contribution in [1.82, 2.24) is 20.5 Å². The molecule has 0 saturated carbocycles. The van der Waals surface area contributed by atoms with Crippen LogP contribution >= 0.6 is 35.3 Å². The van der Waals surface area contributed by atoms with Crippen LogP contribution in [0.25, 0.3) is 0 Å². The van der Waals surface area contributed by atoms with Gasteiger partial charge in [0.15, 0.2) is 5.96 Å². The molecule has 3 rings (SSSR count). The number of nitrogens with zero attached hydrogens (tertiary/aromatic N) is 3. The SMILES string of the molecule is CCc1cnc(CNC(=NC)NCC(c2ccccc2)N2CCCC2)s1.I. The number of hydrogen-bond acceptors (Lipinski definition) is 4. The van der Waals surface area contributed by atoms with Crippen LogP contribution in [0.5, 0.6) is 0 Å². The lowest BCUT2D eigenvalue weighted by atomic mass is 10.1. The smallest absolute Gasteiger partial charge is 0.191 e. The Morgan fingerprint density at radius 3 is 2.59 bits per heavy atom. The first kappa shape index (κ1) is 22.1. The Bertz CT molecular complexity index is 697. The molecule has 1 aromatic heterocycles. The molecule has 0 radical (unpaired) electrons. The normalized spacial score (nSPS) is 16.0. The lowest BCUT2D eigenvalue weighted by molar-refractivity contribution is 0.245. The summed E-state index contributed by atoms with van der Waals surface area (Å²) < 4.78 is 0. The molecule has 0 aliphatic carbocycles. The van der Waals surface area contributed by atoms with Gasteiger partial charge in [0.2, 0.25) is 0 Å². The first-order valence-electron chi connectivity index (χ1n) is 9.47. The Morgan fingerprint density at radius 1 is 1.22 bits per heavy atom. The molecule has 1 aliphatic rings. The average molecular weight is 499 g/mol. The van der Waals surface area contributed by atoms with Crippen LogP contribution in [0, 0.1) is 0 Å². The third-order valence-electron chi connectivity index (χ3n) is 4.81. The lowest BCUT2D eigenvalue weighted by Gasteiger charge is -2.28. The highest BCUT2D eigenvalue weighted by molar-refractivity contribution is 14.0. The van der Waals surface area contributed by atoms with Gasteiger partial charge >= 0.3 is 0 Å². The van der Waals surface area contributed by atoms with Crippen molar-refractivity contribution < 1.29 is 0 Å². The monoisotopic (exact) mass is 499 g/mol. The fourth-order valence-electron chi connectivity index (χ4n) is 3.35. The number of halogens is 1. The van der Waals surface area contributed by atoms with Crippen molar-refractivity contribution in [2.45, 2.75) is 38.8 Å². The maximum absolute atomic E-state index is 4.46. The van der Waals surface area contributed by atoms with Gasteiger partial charge in [-0.25, -0.2) is 4.98 Å². The number of likely N-dealkylation sites (tertiary alicyclic amines) is 1. The summed E-state index contributed by atoms with van der Waals surface area (Å²) in [5, 5.41) is 8.00. The summed E-state index contributed by atoms with van der Waals surface area (Å²) in [7, 11) is 1.82. The van der Waals surface area contributed by atoms with E-state index in [1.54, 1.807) is 11.3 Å². The topological polar surface area (TPSA) is 52.6 Å². The summed E-state index contributed by atoms with van der Waals surface area (Å²) >= 11 is 1.76. The number of guanidine groups is 1. The number of aromatic nitrogens is 1. The van der Waals surface area contributed by atoms with Crippen LogP contribution in [0.1, 0.15) is 41.3 Å². The van der Waals surface area contributed by atoms with E-state index in [2.05, 4.69) is 62.8 Å². The predicted molar refractivity (Wildman–Crippen MR) is 125 cm³/mol. The minimum absolute atomic E-state index is 0. The number of nitrogens with one attached hydrogen (secondary N) is 2. The van der Waals surface area contributed by atoms with E-state index in [1.165, 1.54) is 36.4 Å². The summed E-state index contributed by atoms with van der Waals surface area (Å²) in [6.45, 7) is 6.07. The minimum Gasteiger partial charge on any atom is -0.354 e. The summed E-state index contributed by atoms with van der Waals surface area (Å²) in [6, 6.07) is 11.2. The summed E-state index contributed by atoms with van der Waals surface area (Å²) in [5.74, 6) is 0.832. The van der Waals surface area contributed by atoms with Gasteiger partial charge < -0.3 is 10.6 Å². The third kappa shape index (κ3) is 6.43. The fourth-order valence-corrected chi connectivity index (χ4v) is 4.15. The van der Waals surface area contributed by atoms with Gasteiger partial charge in [0.25, 0.3) is 0 Å². The molecule has 1 saturated heterocycles. The van der Waals surface area contributed by atoms with E-state index in [4.69, 9.17) is 0 Å². The van der Waals surface area contributed by atoms with E-state index in [0.29, 0.717) is 12.6 Å². The molecular formula is C20H30IN5S. The second kappa shape index (κ2) is 11.6. The summed E-state index contributed by atoms with van der Waals surface area (Å²) in [5.41, 5.74) is 1.37. The first-order chi connectivity index (χ1) is 12.8. The van der Waals surface area contributed by atoms with E-state index in [9.17, 15) is 0 Å². The van der Waals surface area contributed by atoms with Crippen molar-refractivity contribution in [3.05, 3.63) is 52.0 Å². The van der Waals surface area contributed by atoms with Crippen LogP contribution < -0.4 is 10.6 Å². The van der Waals surface area contributed by atoms with Crippen molar-refractivity contribution in [3.8, 4) is 0 Å². The highest BCUT2D eigenvalue weighted by atomic mass is 127. The highest BCUT2D eigenvalue weighted by Gasteiger charge is 2.23. The van der Waals surface area contributed by atoms with Crippen LogP contribution in [-0.4, -0.2) is 42.5 Å². The zero-order chi connectivity index (χ0) is 18.2. The Morgan fingerprint density at radius 2 is 1.96 bits per heavy atom. The second-order valence-corrected chi connectivity index (χ2v) is 7.75. The van der Waals surface area contributed by atoms with Gasteiger partial charge in [-0.15, -0.1) is 35.3 Å². The molecule has 1 unspecified atom stereocenters. The molecule has 148 valence electrons. The molecule has 0 spiro atoms. The predicted octanol–water partition coefficient (Wildman–Crippen LogP) is 3.83. The van der Waals surface area contributed by atoms with Gasteiger partial charge in [-0.3, -0.25) is 9.89 Å². The van der Waals surface area contributed by atoms with E-state index < -0.39 is 0 Å². The number of rotatable bonds is 7. The number of aliphatic imine (C=N–C) groups is 1. The molecule has 1 fully saturated rings. The van der Waals surface area contributed by atoms with Crippen molar-refractivity contribution in [3.63, 3.8) is 0 Å². The standard InChI is InChI=1S/C20H29N5S.HI/c1-3-17-13-22-19(26-17)15-24-20(21-2)23-14-18(25-11-7-8-12-25)16-9-5-4-6-10-16;/h4-6,9-10,13,18H,3,7-8,11-12,14-15H2,1-2H3,(H2,21,23,24);1H. The Hall–Kier alpha value is -1.19. The second-order valence-electron chi connectivity index (χ2n) is 6.55.